The molecule has 0 spiro atoms. The van der Waals surface area contributed by atoms with Gasteiger partial charge in [-0.25, -0.2) is 0 Å². The van der Waals surface area contributed by atoms with Crippen molar-refractivity contribution in [2.75, 3.05) is 18.5 Å². The van der Waals surface area contributed by atoms with E-state index in [4.69, 9.17) is 5.73 Å². The normalized spacial score (nSPS) is 11.6. The van der Waals surface area contributed by atoms with Crippen molar-refractivity contribution in [3.05, 3.63) is 48.3 Å². The standard InChI is InChI=1S/C19H20N4O/c1-12-10-21-11-16-18-15-5-4-14(24)9-13(15)3-6-17(18)23(19(12)16)22-8-2-7-20/h3-6,9-11,22,24H,2,7-8,20H2,1H3. The van der Waals surface area contributed by atoms with E-state index in [9.17, 15) is 5.11 Å². The molecular formula is C19H20N4O. The molecule has 0 fully saturated rings. The Morgan fingerprint density at radius 3 is 2.88 bits per heavy atom. The molecule has 122 valence electrons. The van der Waals surface area contributed by atoms with Gasteiger partial charge in [-0.3, -0.25) is 9.66 Å². The van der Waals surface area contributed by atoms with Gasteiger partial charge in [0.05, 0.1) is 11.0 Å². The Morgan fingerprint density at radius 2 is 2.04 bits per heavy atom. The number of nitrogens with zero attached hydrogens (tertiary/aromatic N) is 2. The summed E-state index contributed by atoms with van der Waals surface area (Å²) in [6.07, 6.45) is 4.71. The minimum absolute atomic E-state index is 0.279. The van der Waals surface area contributed by atoms with E-state index < -0.39 is 0 Å². The van der Waals surface area contributed by atoms with Crippen molar-refractivity contribution >= 4 is 32.6 Å². The number of aryl methyl sites for hydroxylation is 1. The molecule has 4 aromatic rings. The lowest BCUT2D eigenvalue weighted by atomic mass is 10.0. The molecule has 0 atom stereocenters. The fourth-order valence-electron chi connectivity index (χ4n) is 3.39. The Morgan fingerprint density at radius 1 is 1.17 bits per heavy atom. The molecule has 5 nitrogen and oxygen atoms in total. The Bertz CT molecular complexity index is 1050. The second kappa shape index (κ2) is 5.69. The molecule has 4 rings (SSSR count). The minimum Gasteiger partial charge on any atom is -0.508 e. The molecular weight excluding hydrogens is 300 g/mol. The summed E-state index contributed by atoms with van der Waals surface area (Å²) in [5, 5.41) is 14.2. The van der Waals surface area contributed by atoms with E-state index in [1.165, 1.54) is 0 Å². The minimum atomic E-state index is 0.279. The van der Waals surface area contributed by atoms with Crippen LogP contribution in [0.2, 0.25) is 0 Å². The highest BCUT2D eigenvalue weighted by molar-refractivity contribution is 6.21. The lowest BCUT2D eigenvalue weighted by molar-refractivity contribution is 0.476. The monoisotopic (exact) mass is 320 g/mol. The maximum Gasteiger partial charge on any atom is 0.116 e. The molecule has 0 bridgehead atoms. The van der Waals surface area contributed by atoms with E-state index in [0.717, 1.165) is 51.1 Å². The average molecular weight is 320 g/mol. The second-order valence-corrected chi connectivity index (χ2v) is 6.10. The van der Waals surface area contributed by atoms with Crippen molar-refractivity contribution in [2.45, 2.75) is 13.3 Å². The summed E-state index contributed by atoms with van der Waals surface area (Å²) in [7, 11) is 0. The van der Waals surface area contributed by atoms with Crippen molar-refractivity contribution in [2.24, 2.45) is 5.73 Å². The van der Waals surface area contributed by atoms with Crippen LogP contribution in [0, 0.1) is 6.92 Å². The van der Waals surface area contributed by atoms with Crippen LogP contribution in [0.5, 0.6) is 5.75 Å². The third-order valence-corrected chi connectivity index (χ3v) is 4.47. The van der Waals surface area contributed by atoms with E-state index in [0.29, 0.717) is 6.54 Å². The maximum atomic E-state index is 9.77. The Kier molecular flexibility index (Phi) is 3.50. The predicted molar refractivity (Wildman–Crippen MR) is 99.0 cm³/mol. The summed E-state index contributed by atoms with van der Waals surface area (Å²) >= 11 is 0. The molecule has 2 aromatic heterocycles. The zero-order valence-corrected chi connectivity index (χ0v) is 13.6. The predicted octanol–water partition coefficient (Wildman–Crippen LogP) is 3.25. The van der Waals surface area contributed by atoms with Crippen molar-refractivity contribution in [3.8, 4) is 5.75 Å². The Labute approximate surface area is 139 Å². The summed E-state index contributed by atoms with van der Waals surface area (Å²) in [4.78, 5) is 4.39. The fourth-order valence-corrected chi connectivity index (χ4v) is 3.39. The van der Waals surface area contributed by atoms with E-state index in [1.807, 2.05) is 24.5 Å². The first-order valence-corrected chi connectivity index (χ1v) is 8.15. The number of fused-ring (bicyclic) bond motifs is 5. The molecule has 24 heavy (non-hydrogen) atoms. The van der Waals surface area contributed by atoms with Crippen molar-refractivity contribution in [3.63, 3.8) is 0 Å². The zero-order chi connectivity index (χ0) is 16.7. The van der Waals surface area contributed by atoms with Gasteiger partial charge in [-0.2, -0.15) is 0 Å². The number of phenols is 1. The molecule has 0 saturated heterocycles. The van der Waals surface area contributed by atoms with Crippen LogP contribution in [0.4, 0.5) is 0 Å². The molecule has 0 aliphatic rings. The number of pyridine rings is 1. The molecule has 2 aromatic carbocycles. The number of phenolic OH excluding ortho intramolecular Hbond substituents is 1. The van der Waals surface area contributed by atoms with Crippen molar-refractivity contribution < 1.29 is 5.11 Å². The highest BCUT2D eigenvalue weighted by Crippen LogP contribution is 2.35. The van der Waals surface area contributed by atoms with Crippen molar-refractivity contribution in [1.82, 2.24) is 9.66 Å². The van der Waals surface area contributed by atoms with Gasteiger partial charge in [-0.15, -0.1) is 0 Å². The van der Waals surface area contributed by atoms with Crippen LogP contribution < -0.4 is 11.2 Å². The van der Waals surface area contributed by atoms with Gasteiger partial charge < -0.3 is 16.3 Å². The van der Waals surface area contributed by atoms with Gasteiger partial charge in [0.15, 0.2) is 0 Å². The molecule has 0 radical (unpaired) electrons. The van der Waals surface area contributed by atoms with Gasteiger partial charge in [0.2, 0.25) is 0 Å². The highest BCUT2D eigenvalue weighted by Gasteiger charge is 2.15. The first kappa shape index (κ1) is 14.8. The summed E-state index contributed by atoms with van der Waals surface area (Å²) in [6.45, 7) is 3.54. The van der Waals surface area contributed by atoms with E-state index >= 15 is 0 Å². The molecule has 0 saturated carbocycles. The molecule has 4 N–H and O–H groups in total. The van der Waals surface area contributed by atoms with Gasteiger partial charge in [-0.05, 0) is 54.4 Å². The van der Waals surface area contributed by atoms with Gasteiger partial charge >= 0.3 is 0 Å². The Balaban J connectivity index is 2.10. The van der Waals surface area contributed by atoms with Crippen LogP contribution in [0.25, 0.3) is 32.6 Å². The fraction of sp³-hybridized carbons (Fsp3) is 0.211. The first-order chi connectivity index (χ1) is 11.7. The number of rotatable bonds is 4. The number of nitrogens with two attached hydrogens (primary N) is 1. The molecule has 2 heterocycles. The van der Waals surface area contributed by atoms with Crippen LogP contribution in [0.15, 0.2) is 42.7 Å². The number of aromatic hydroxyl groups is 1. The third kappa shape index (κ3) is 2.17. The summed E-state index contributed by atoms with van der Waals surface area (Å²) in [5.41, 5.74) is 12.5. The average Bonchev–Trinajstić information content (AvgIpc) is 2.90. The van der Waals surface area contributed by atoms with Gasteiger partial charge in [0.25, 0.3) is 0 Å². The van der Waals surface area contributed by atoms with Gasteiger partial charge in [0, 0.05) is 29.7 Å². The first-order valence-electron chi connectivity index (χ1n) is 8.15. The van der Waals surface area contributed by atoms with Gasteiger partial charge in [0.1, 0.15) is 5.75 Å². The number of hydrogen-bond donors (Lipinski definition) is 3. The smallest absolute Gasteiger partial charge is 0.116 e. The number of hydrogen-bond acceptors (Lipinski definition) is 4. The van der Waals surface area contributed by atoms with Crippen molar-refractivity contribution in [1.29, 1.82) is 0 Å². The Hall–Kier alpha value is -2.79. The number of aromatic nitrogens is 2. The molecule has 0 unspecified atom stereocenters. The number of benzene rings is 2. The van der Waals surface area contributed by atoms with E-state index in [2.05, 4.69) is 28.1 Å². The van der Waals surface area contributed by atoms with Crippen LogP contribution in [-0.2, 0) is 0 Å². The topological polar surface area (TPSA) is 76.1 Å². The van der Waals surface area contributed by atoms with Gasteiger partial charge in [-0.1, -0.05) is 12.1 Å². The molecule has 5 heteroatoms. The molecule has 0 aliphatic carbocycles. The summed E-state index contributed by atoms with van der Waals surface area (Å²) < 4.78 is 2.14. The van der Waals surface area contributed by atoms with Crippen LogP contribution in [0.1, 0.15) is 12.0 Å². The molecule has 0 aliphatic heterocycles. The van der Waals surface area contributed by atoms with Crippen LogP contribution in [0.3, 0.4) is 0 Å². The number of nitrogens with one attached hydrogen (secondary N) is 1. The maximum absolute atomic E-state index is 9.77. The van der Waals surface area contributed by atoms with Crippen LogP contribution >= 0.6 is 0 Å². The largest absolute Gasteiger partial charge is 0.508 e. The second-order valence-electron chi connectivity index (χ2n) is 6.10. The lowest BCUT2D eigenvalue weighted by Gasteiger charge is -2.11. The quantitative estimate of drug-likeness (QED) is 0.505. The lowest BCUT2D eigenvalue weighted by Crippen LogP contribution is -2.18. The van der Waals surface area contributed by atoms with E-state index in [1.54, 1.807) is 12.1 Å². The van der Waals surface area contributed by atoms with E-state index in [-0.39, 0.29) is 5.75 Å². The van der Waals surface area contributed by atoms with Crippen LogP contribution in [-0.4, -0.2) is 27.9 Å². The summed E-state index contributed by atoms with van der Waals surface area (Å²) in [6, 6.07) is 9.63. The zero-order valence-electron chi connectivity index (χ0n) is 13.6. The summed E-state index contributed by atoms with van der Waals surface area (Å²) in [5.74, 6) is 0.279. The molecule has 0 amide bonds. The SMILES string of the molecule is Cc1cncc2c3c4ccc(O)cc4ccc3n(NCCCN)c12. The highest BCUT2D eigenvalue weighted by atomic mass is 16.3. The third-order valence-electron chi connectivity index (χ3n) is 4.47.